The van der Waals surface area contributed by atoms with Crippen molar-refractivity contribution in [3.63, 3.8) is 0 Å². The highest BCUT2D eigenvalue weighted by molar-refractivity contribution is 5.94. The number of anilines is 1. The summed E-state index contributed by atoms with van der Waals surface area (Å²) < 4.78 is 0. The van der Waals surface area contributed by atoms with E-state index in [-0.39, 0.29) is 11.4 Å². The maximum Gasteiger partial charge on any atom is 0.254 e. The molecule has 1 heterocycles. The van der Waals surface area contributed by atoms with E-state index in [0.29, 0.717) is 5.56 Å². The number of nitrogens with one attached hydrogen (secondary N) is 1. The number of hydrogen-bond acceptors (Lipinski definition) is 4. The fraction of sp³-hybridized carbons (Fsp3) is 0.318. The van der Waals surface area contributed by atoms with E-state index in [1.807, 2.05) is 76.3 Å². The van der Waals surface area contributed by atoms with Crippen LogP contribution in [0.2, 0.25) is 0 Å². The number of amides is 1. The first-order chi connectivity index (χ1) is 12.9. The van der Waals surface area contributed by atoms with Crippen molar-refractivity contribution in [1.82, 2.24) is 14.9 Å². The zero-order valence-corrected chi connectivity index (χ0v) is 16.4. The number of nitrogens with zero attached hydrogens (tertiary/aromatic N) is 3. The largest absolute Gasteiger partial charge is 0.369 e. The molecule has 0 aliphatic rings. The first-order valence-electron chi connectivity index (χ1n) is 9.17. The predicted molar refractivity (Wildman–Crippen MR) is 110 cm³/mol. The average molecular weight is 362 g/mol. The van der Waals surface area contributed by atoms with Crippen LogP contribution in [0.15, 0.2) is 54.9 Å². The van der Waals surface area contributed by atoms with E-state index in [2.05, 4.69) is 15.3 Å². The summed E-state index contributed by atoms with van der Waals surface area (Å²) in [5.74, 6) is 0.888. The van der Waals surface area contributed by atoms with E-state index >= 15 is 0 Å². The minimum atomic E-state index is -0.194. The highest BCUT2D eigenvalue weighted by Gasteiger charge is 2.23. The minimum Gasteiger partial charge on any atom is -0.369 e. The van der Waals surface area contributed by atoms with Crippen LogP contribution in [0.5, 0.6) is 0 Å². The normalized spacial score (nSPS) is 11.4. The van der Waals surface area contributed by atoms with Crippen molar-refractivity contribution in [2.45, 2.75) is 32.7 Å². The van der Waals surface area contributed by atoms with E-state index < -0.39 is 0 Å². The molecule has 0 atom stereocenters. The maximum absolute atomic E-state index is 12.5. The van der Waals surface area contributed by atoms with E-state index in [4.69, 9.17) is 0 Å². The molecule has 0 saturated heterocycles. The standard InChI is InChI=1S/C22H26N4O/c1-22(2,3)26(4)21(27)17-11-9-16(10-12-17)13-14-23-20-18-7-5-6-8-19(18)24-15-25-20/h5-12,15H,13-14H2,1-4H3,(H,23,24,25). The zero-order chi connectivity index (χ0) is 19.4. The fourth-order valence-corrected chi connectivity index (χ4v) is 2.78. The number of carbonyl (C=O) groups excluding carboxylic acids is 1. The Morgan fingerprint density at radius 1 is 1.04 bits per heavy atom. The Labute approximate surface area is 160 Å². The summed E-state index contributed by atoms with van der Waals surface area (Å²) in [7, 11) is 1.84. The third-order valence-electron chi connectivity index (χ3n) is 4.76. The van der Waals surface area contributed by atoms with Gasteiger partial charge in [0, 0.05) is 30.1 Å². The molecule has 2 aromatic carbocycles. The molecule has 1 aromatic heterocycles. The maximum atomic E-state index is 12.5. The van der Waals surface area contributed by atoms with E-state index in [1.165, 1.54) is 5.56 Å². The number of fused-ring (bicyclic) bond motifs is 1. The van der Waals surface area contributed by atoms with Gasteiger partial charge in [-0.3, -0.25) is 4.79 Å². The molecule has 140 valence electrons. The topological polar surface area (TPSA) is 58.1 Å². The molecule has 0 saturated carbocycles. The molecule has 0 radical (unpaired) electrons. The smallest absolute Gasteiger partial charge is 0.254 e. The molecule has 0 aliphatic carbocycles. The molecule has 5 nitrogen and oxygen atoms in total. The summed E-state index contributed by atoms with van der Waals surface area (Å²) in [5.41, 5.74) is 2.63. The summed E-state index contributed by atoms with van der Waals surface area (Å²) >= 11 is 0. The van der Waals surface area contributed by atoms with Crippen LogP contribution in [0.4, 0.5) is 5.82 Å². The first-order valence-corrected chi connectivity index (χ1v) is 9.17. The van der Waals surface area contributed by atoms with Crippen molar-refractivity contribution in [3.05, 3.63) is 66.0 Å². The van der Waals surface area contributed by atoms with Crippen molar-refractivity contribution in [1.29, 1.82) is 0 Å². The van der Waals surface area contributed by atoms with Crippen molar-refractivity contribution in [3.8, 4) is 0 Å². The van der Waals surface area contributed by atoms with Gasteiger partial charge in [-0.25, -0.2) is 9.97 Å². The van der Waals surface area contributed by atoms with E-state index in [9.17, 15) is 4.79 Å². The second-order valence-electron chi connectivity index (χ2n) is 7.65. The van der Waals surface area contributed by atoms with Crippen LogP contribution in [-0.4, -0.2) is 39.9 Å². The van der Waals surface area contributed by atoms with Gasteiger partial charge in [0.1, 0.15) is 12.1 Å². The number of rotatable bonds is 5. The number of benzene rings is 2. The summed E-state index contributed by atoms with van der Waals surface area (Å²) in [6.45, 7) is 6.85. The Morgan fingerprint density at radius 3 is 2.44 bits per heavy atom. The molecule has 0 fully saturated rings. The summed E-state index contributed by atoms with van der Waals surface area (Å²) in [5, 5.41) is 4.40. The second kappa shape index (κ2) is 7.74. The van der Waals surface area contributed by atoms with Gasteiger partial charge in [0.2, 0.25) is 0 Å². The quantitative estimate of drug-likeness (QED) is 0.741. The van der Waals surface area contributed by atoms with Gasteiger partial charge in [0.05, 0.1) is 5.52 Å². The lowest BCUT2D eigenvalue weighted by Crippen LogP contribution is -2.42. The lowest BCUT2D eigenvalue weighted by molar-refractivity contribution is 0.0656. The highest BCUT2D eigenvalue weighted by Crippen LogP contribution is 2.19. The average Bonchev–Trinajstić information content (AvgIpc) is 2.67. The van der Waals surface area contributed by atoms with Gasteiger partial charge in [-0.15, -0.1) is 0 Å². The van der Waals surface area contributed by atoms with Crippen molar-refractivity contribution >= 4 is 22.6 Å². The van der Waals surface area contributed by atoms with E-state index in [1.54, 1.807) is 11.2 Å². The van der Waals surface area contributed by atoms with Gasteiger partial charge >= 0.3 is 0 Å². The van der Waals surface area contributed by atoms with Gasteiger partial charge in [-0.1, -0.05) is 24.3 Å². The zero-order valence-electron chi connectivity index (χ0n) is 16.4. The van der Waals surface area contributed by atoms with Gasteiger partial charge in [0.15, 0.2) is 0 Å². The molecule has 5 heteroatoms. The van der Waals surface area contributed by atoms with Crippen LogP contribution in [0.3, 0.4) is 0 Å². The van der Waals surface area contributed by atoms with Gasteiger partial charge in [0.25, 0.3) is 5.91 Å². The van der Waals surface area contributed by atoms with Crippen LogP contribution in [-0.2, 0) is 6.42 Å². The Kier molecular flexibility index (Phi) is 5.40. The minimum absolute atomic E-state index is 0.0413. The lowest BCUT2D eigenvalue weighted by Gasteiger charge is -2.32. The predicted octanol–water partition coefficient (Wildman–Crippen LogP) is 4.15. The third-order valence-corrected chi connectivity index (χ3v) is 4.76. The number of hydrogen-bond donors (Lipinski definition) is 1. The number of carbonyl (C=O) groups is 1. The summed E-state index contributed by atoms with van der Waals surface area (Å²) in [4.78, 5) is 22.9. The van der Waals surface area contributed by atoms with Crippen molar-refractivity contribution in [2.75, 3.05) is 18.9 Å². The number of aromatic nitrogens is 2. The molecule has 1 amide bonds. The van der Waals surface area contributed by atoms with Crippen molar-refractivity contribution < 1.29 is 4.79 Å². The highest BCUT2D eigenvalue weighted by atomic mass is 16.2. The molecule has 0 bridgehead atoms. The Balaban J connectivity index is 1.61. The second-order valence-corrected chi connectivity index (χ2v) is 7.65. The van der Waals surface area contributed by atoms with Gasteiger partial charge < -0.3 is 10.2 Å². The van der Waals surface area contributed by atoms with Gasteiger partial charge in [-0.2, -0.15) is 0 Å². The van der Waals surface area contributed by atoms with Crippen LogP contribution in [0, 0.1) is 0 Å². The molecule has 0 spiro atoms. The van der Waals surface area contributed by atoms with Gasteiger partial charge in [-0.05, 0) is 57.0 Å². The van der Waals surface area contributed by atoms with Crippen LogP contribution in [0.1, 0.15) is 36.7 Å². The fourth-order valence-electron chi connectivity index (χ4n) is 2.78. The SMILES string of the molecule is CN(C(=O)c1ccc(CCNc2ncnc3ccccc23)cc1)C(C)(C)C. The molecule has 3 aromatic rings. The Morgan fingerprint density at radius 2 is 1.74 bits per heavy atom. The van der Waals surface area contributed by atoms with Crippen LogP contribution in [0.25, 0.3) is 10.9 Å². The molecular weight excluding hydrogens is 336 g/mol. The lowest BCUT2D eigenvalue weighted by atomic mass is 10.0. The number of para-hydroxylation sites is 1. The first kappa shape index (κ1) is 18.8. The molecular formula is C22H26N4O. The van der Waals surface area contributed by atoms with Crippen molar-refractivity contribution in [2.24, 2.45) is 0 Å². The van der Waals surface area contributed by atoms with Crippen LogP contribution >= 0.6 is 0 Å². The van der Waals surface area contributed by atoms with E-state index in [0.717, 1.165) is 29.7 Å². The molecule has 0 aliphatic heterocycles. The molecule has 3 rings (SSSR count). The third kappa shape index (κ3) is 4.42. The molecule has 27 heavy (non-hydrogen) atoms. The summed E-state index contributed by atoms with van der Waals surface area (Å²) in [6, 6.07) is 15.8. The van der Waals surface area contributed by atoms with Crippen LogP contribution < -0.4 is 5.32 Å². The summed E-state index contributed by atoms with van der Waals surface area (Å²) in [6.07, 6.45) is 2.43. The monoisotopic (exact) mass is 362 g/mol. The Bertz CT molecular complexity index is 924. The Hall–Kier alpha value is -2.95. The molecule has 0 unspecified atom stereocenters. The molecule has 1 N–H and O–H groups in total.